The molecule has 2 rings (SSSR count). The van der Waals surface area contributed by atoms with Crippen molar-refractivity contribution in [3.8, 4) is 0 Å². The average Bonchev–Trinajstić information content (AvgIpc) is 3.01. The highest BCUT2D eigenvalue weighted by molar-refractivity contribution is 7.89. The van der Waals surface area contributed by atoms with E-state index in [0.29, 0.717) is 12.4 Å². The minimum Gasteiger partial charge on any atom is -0.308 e. The predicted octanol–water partition coefficient (Wildman–Crippen LogP) is 1.68. The minimum absolute atomic E-state index is 0.114. The van der Waals surface area contributed by atoms with Gasteiger partial charge in [0.05, 0.1) is 0 Å². The van der Waals surface area contributed by atoms with Crippen LogP contribution >= 0.6 is 11.3 Å². The highest BCUT2D eigenvalue weighted by atomic mass is 32.2. The predicted molar refractivity (Wildman–Crippen MR) is 84.6 cm³/mol. The second kappa shape index (κ2) is 6.10. The summed E-state index contributed by atoms with van der Waals surface area (Å²) in [5.74, 6) is 5.61. The zero-order valence-electron chi connectivity index (χ0n) is 11.8. The molecule has 0 aliphatic rings. The molecular weight excluding hydrogens is 308 g/mol. The third-order valence-electron chi connectivity index (χ3n) is 3.09. The molecule has 114 valence electrons. The summed E-state index contributed by atoms with van der Waals surface area (Å²) < 4.78 is 27.1. The van der Waals surface area contributed by atoms with E-state index < -0.39 is 10.0 Å². The molecule has 0 saturated carbocycles. The van der Waals surface area contributed by atoms with Crippen molar-refractivity contribution in [3.63, 3.8) is 0 Å². The SMILES string of the molecule is CC(C)(CNS(=O)(=O)c1ccc(NN)nc1)c1cccs1. The van der Waals surface area contributed by atoms with E-state index in [9.17, 15) is 8.42 Å². The van der Waals surface area contributed by atoms with E-state index in [0.717, 1.165) is 4.88 Å². The molecule has 0 fully saturated rings. The van der Waals surface area contributed by atoms with Crippen LogP contribution in [-0.2, 0) is 15.4 Å². The Labute approximate surface area is 128 Å². The molecule has 0 amide bonds. The first-order chi connectivity index (χ1) is 9.85. The Morgan fingerprint density at radius 2 is 2.10 bits per heavy atom. The number of pyridine rings is 1. The Morgan fingerprint density at radius 1 is 1.33 bits per heavy atom. The van der Waals surface area contributed by atoms with Gasteiger partial charge in [0.2, 0.25) is 10.0 Å². The number of aromatic nitrogens is 1. The minimum atomic E-state index is -3.59. The number of hydrazine groups is 1. The fraction of sp³-hybridized carbons (Fsp3) is 0.308. The van der Waals surface area contributed by atoms with Gasteiger partial charge >= 0.3 is 0 Å². The van der Waals surface area contributed by atoms with Crippen molar-refractivity contribution in [2.75, 3.05) is 12.0 Å². The summed E-state index contributed by atoms with van der Waals surface area (Å²) in [6, 6.07) is 6.93. The smallest absolute Gasteiger partial charge is 0.242 e. The Kier molecular flexibility index (Phi) is 4.62. The molecule has 0 aliphatic heterocycles. The van der Waals surface area contributed by atoms with Gasteiger partial charge in [-0.1, -0.05) is 19.9 Å². The largest absolute Gasteiger partial charge is 0.308 e. The van der Waals surface area contributed by atoms with Gasteiger partial charge in [0, 0.05) is 23.0 Å². The van der Waals surface area contributed by atoms with Gasteiger partial charge in [-0.2, -0.15) is 0 Å². The molecule has 0 atom stereocenters. The van der Waals surface area contributed by atoms with E-state index in [2.05, 4.69) is 15.1 Å². The normalized spacial score (nSPS) is 12.3. The first kappa shape index (κ1) is 15.9. The number of nitrogen functional groups attached to an aromatic ring is 1. The molecule has 4 N–H and O–H groups in total. The maximum Gasteiger partial charge on any atom is 0.242 e. The van der Waals surface area contributed by atoms with Crippen LogP contribution in [0.3, 0.4) is 0 Å². The highest BCUT2D eigenvalue weighted by Crippen LogP contribution is 2.27. The number of nitrogens with two attached hydrogens (primary N) is 1. The van der Waals surface area contributed by atoms with Crippen LogP contribution in [0.25, 0.3) is 0 Å². The number of anilines is 1. The van der Waals surface area contributed by atoms with Crippen LogP contribution in [-0.4, -0.2) is 19.9 Å². The van der Waals surface area contributed by atoms with Crippen LogP contribution in [0.15, 0.2) is 40.7 Å². The number of thiophene rings is 1. The molecular formula is C13H18N4O2S2. The fourth-order valence-electron chi connectivity index (χ4n) is 1.73. The van der Waals surface area contributed by atoms with E-state index in [1.165, 1.54) is 18.3 Å². The van der Waals surface area contributed by atoms with E-state index in [-0.39, 0.29) is 10.3 Å². The van der Waals surface area contributed by atoms with E-state index in [4.69, 9.17) is 5.84 Å². The first-order valence-electron chi connectivity index (χ1n) is 6.31. The molecule has 6 nitrogen and oxygen atoms in total. The van der Waals surface area contributed by atoms with Crippen molar-refractivity contribution in [2.45, 2.75) is 24.2 Å². The Hall–Kier alpha value is -1.48. The van der Waals surface area contributed by atoms with Crippen LogP contribution in [0.2, 0.25) is 0 Å². The lowest BCUT2D eigenvalue weighted by Gasteiger charge is -2.23. The number of hydrogen-bond acceptors (Lipinski definition) is 6. The number of sulfonamides is 1. The van der Waals surface area contributed by atoms with Crippen molar-refractivity contribution in [1.29, 1.82) is 0 Å². The molecule has 0 radical (unpaired) electrons. The van der Waals surface area contributed by atoms with Gasteiger partial charge in [0.25, 0.3) is 0 Å². The van der Waals surface area contributed by atoms with Crippen LogP contribution in [0.4, 0.5) is 5.82 Å². The quantitative estimate of drug-likeness (QED) is 0.554. The van der Waals surface area contributed by atoms with Crippen LogP contribution in [0.5, 0.6) is 0 Å². The van der Waals surface area contributed by atoms with Crippen LogP contribution in [0.1, 0.15) is 18.7 Å². The Bertz CT molecular complexity index is 679. The molecule has 2 heterocycles. The lowest BCUT2D eigenvalue weighted by molar-refractivity contribution is 0.509. The van der Waals surface area contributed by atoms with Gasteiger partial charge in [-0.05, 0) is 23.6 Å². The lowest BCUT2D eigenvalue weighted by atomic mass is 9.92. The van der Waals surface area contributed by atoms with E-state index in [1.54, 1.807) is 11.3 Å². The molecule has 8 heteroatoms. The highest BCUT2D eigenvalue weighted by Gasteiger charge is 2.25. The van der Waals surface area contributed by atoms with Gasteiger partial charge in [0.1, 0.15) is 10.7 Å². The van der Waals surface area contributed by atoms with E-state index >= 15 is 0 Å². The van der Waals surface area contributed by atoms with Crippen molar-refractivity contribution in [3.05, 3.63) is 40.7 Å². The van der Waals surface area contributed by atoms with Gasteiger partial charge < -0.3 is 5.43 Å². The molecule has 0 bridgehead atoms. The van der Waals surface area contributed by atoms with Crippen molar-refractivity contribution >= 4 is 27.2 Å². The summed E-state index contributed by atoms with van der Waals surface area (Å²) in [4.78, 5) is 5.15. The molecule has 21 heavy (non-hydrogen) atoms. The number of hydrogen-bond donors (Lipinski definition) is 3. The molecule has 0 aromatic carbocycles. The summed E-state index contributed by atoms with van der Waals surface area (Å²) in [6.07, 6.45) is 1.27. The molecule has 0 spiro atoms. The summed E-state index contributed by atoms with van der Waals surface area (Å²) in [7, 11) is -3.59. The topological polar surface area (TPSA) is 97.1 Å². The molecule has 0 unspecified atom stereocenters. The number of rotatable bonds is 6. The zero-order valence-corrected chi connectivity index (χ0v) is 13.5. The van der Waals surface area contributed by atoms with E-state index in [1.807, 2.05) is 31.4 Å². The standard InChI is InChI=1S/C13H18N4O2S2/c1-13(2,11-4-3-7-20-11)9-16-21(18,19)10-5-6-12(17-14)15-8-10/h3-8,16H,9,14H2,1-2H3,(H,15,17). The van der Waals surface area contributed by atoms with Gasteiger partial charge in [-0.15, -0.1) is 11.3 Å². The Morgan fingerprint density at radius 3 is 2.62 bits per heavy atom. The fourth-order valence-corrected chi connectivity index (χ4v) is 3.74. The maximum atomic E-state index is 12.2. The first-order valence-corrected chi connectivity index (χ1v) is 8.68. The summed E-state index contributed by atoms with van der Waals surface area (Å²) >= 11 is 1.61. The number of nitrogens with zero attached hydrogens (tertiary/aromatic N) is 1. The molecule has 2 aromatic heterocycles. The van der Waals surface area contributed by atoms with Crippen molar-refractivity contribution in [2.24, 2.45) is 5.84 Å². The molecule has 0 saturated heterocycles. The maximum absolute atomic E-state index is 12.2. The summed E-state index contributed by atoms with van der Waals surface area (Å²) in [6.45, 7) is 4.31. The summed E-state index contributed by atoms with van der Waals surface area (Å²) in [5.41, 5.74) is 2.09. The Balaban J connectivity index is 2.10. The monoisotopic (exact) mass is 326 g/mol. The molecule has 0 aliphatic carbocycles. The third kappa shape index (κ3) is 3.79. The van der Waals surface area contributed by atoms with Crippen LogP contribution < -0.4 is 16.0 Å². The lowest BCUT2D eigenvalue weighted by Crippen LogP contribution is -2.36. The molecule has 2 aromatic rings. The second-order valence-corrected chi connectivity index (χ2v) is 7.92. The van der Waals surface area contributed by atoms with Crippen molar-refractivity contribution in [1.82, 2.24) is 9.71 Å². The van der Waals surface area contributed by atoms with Gasteiger partial charge in [-0.25, -0.2) is 24.0 Å². The van der Waals surface area contributed by atoms with Crippen LogP contribution in [0, 0.1) is 0 Å². The van der Waals surface area contributed by atoms with Crippen molar-refractivity contribution < 1.29 is 8.42 Å². The number of nitrogens with one attached hydrogen (secondary N) is 2. The average molecular weight is 326 g/mol. The third-order valence-corrected chi connectivity index (χ3v) is 5.71. The zero-order chi connectivity index (χ0) is 15.5. The summed E-state index contributed by atoms with van der Waals surface area (Å²) in [5, 5.41) is 1.98. The van der Waals surface area contributed by atoms with Gasteiger partial charge in [-0.3, -0.25) is 0 Å². The second-order valence-electron chi connectivity index (χ2n) is 5.21. The van der Waals surface area contributed by atoms with Gasteiger partial charge in [0.15, 0.2) is 0 Å².